The van der Waals surface area contributed by atoms with Crippen LogP contribution in [0.5, 0.6) is 0 Å². The van der Waals surface area contributed by atoms with Gasteiger partial charge in [0.2, 0.25) is 0 Å². The van der Waals surface area contributed by atoms with Crippen LogP contribution in [0.1, 0.15) is 26.3 Å². The first-order valence-electron chi connectivity index (χ1n) is 5.90. The molecular formula is C14H19BrFN. The number of benzene rings is 1. The minimum Gasteiger partial charge on any atom is -0.313 e. The molecule has 0 radical (unpaired) electrons. The lowest BCUT2D eigenvalue weighted by Crippen LogP contribution is -2.18. The molecule has 3 heteroatoms. The van der Waals surface area contributed by atoms with Gasteiger partial charge >= 0.3 is 0 Å². The van der Waals surface area contributed by atoms with Crippen molar-refractivity contribution in [2.45, 2.75) is 20.8 Å². The van der Waals surface area contributed by atoms with E-state index in [2.05, 4.69) is 42.0 Å². The SMILES string of the molecule is CCNCC(=Cc1cc(Br)ccc1F)C(C)C. The highest BCUT2D eigenvalue weighted by atomic mass is 79.9. The molecule has 1 rings (SSSR count). The minimum atomic E-state index is -0.178. The number of hydrogen-bond donors (Lipinski definition) is 1. The quantitative estimate of drug-likeness (QED) is 0.857. The predicted molar refractivity (Wildman–Crippen MR) is 75.5 cm³/mol. The maximum absolute atomic E-state index is 13.6. The molecule has 0 aliphatic rings. The predicted octanol–water partition coefficient (Wildman–Crippen LogP) is 4.24. The molecule has 0 saturated heterocycles. The molecule has 1 nitrogen and oxygen atoms in total. The summed E-state index contributed by atoms with van der Waals surface area (Å²) >= 11 is 3.36. The molecule has 1 aromatic carbocycles. The lowest BCUT2D eigenvalue weighted by atomic mass is 10.00. The van der Waals surface area contributed by atoms with Crippen LogP contribution in [0.4, 0.5) is 4.39 Å². The molecule has 0 atom stereocenters. The molecule has 17 heavy (non-hydrogen) atoms. The van der Waals surface area contributed by atoms with Crippen LogP contribution in [-0.4, -0.2) is 13.1 Å². The smallest absolute Gasteiger partial charge is 0.130 e. The fourth-order valence-electron chi connectivity index (χ4n) is 1.52. The van der Waals surface area contributed by atoms with Crippen molar-refractivity contribution >= 4 is 22.0 Å². The van der Waals surface area contributed by atoms with Crippen molar-refractivity contribution in [1.29, 1.82) is 0 Å². The zero-order chi connectivity index (χ0) is 12.8. The van der Waals surface area contributed by atoms with Crippen LogP contribution in [-0.2, 0) is 0 Å². The Morgan fingerprint density at radius 2 is 2.18 bits per heavy atom. The Hall–Kier alpha value is -0.670. The fraction of sp³-hybridized carbons (Fsp3) is 0.429. The molecule has 0 saturated carbocycles. The molecule has 0 unspecified atom stereocenters. The van der Waals surface area contributed by atoms with Gasteiger partial charge in [0.1, 0.15) is 5.82 Å². The molecular weight excluding hydrogens is 281 g/mol. The Morgan fingerprint density at radius 1 is 1.47 bits per heavy atom. The molecule has 0 spiro atoms. The summed E-state index contributed by atoms with van der Waals surface area (Å²) in [5.74, 6) is 0.232. The molecule has 0 amide bonds. The Bertz CT molecular complexity index is 399. The molecule has 0 aromatic heterocycles. The second-order valence-electron chi connectivity index (χ2n) is 4.32. The summed E-state index contributed by atoms with van der Waals surface area (Å²) in [6, 6.07) is 5.01. The van der Waals surface area contributed by atoms with Gasteiger partial charge in [0.15, 0.2) is 0 Å². The average molecular weight is 300 g/mol. The number of halogens is 2. The molecule has 0 aliphatic carbocycles. The summed E-state index contributed by atoms with van der Waals surface area (Å²) in [4.78, 5) is 0. The van der Waals surface area contributed by atoms with Crippen LogP contribution < -0.4 is 5.32 Å². The maximum atomic E-state index is 13.6. The Labute approximate surface area is 111 Å². The third-order valence-corrected chi connectivity index (χ3v) is 3.11. The zero-order valence-corrected chi connectivity index (χ0v) is 12.1. The van der Waals surface area contributed by atoms with Crippen LogP contribution >= 0.6 is 15.9 Å². The van der Waals surface area contributed by atoms with Gasteiger partial charge in [-0.25, -0.2) is 4.39 Å². The second-order valence-corrected chi connectivity index (χ2v) is 5.24. The van der Waals surface area contributed by atoms with E-state index in [4.69, 9.17) is 0 Å². The van der Waals surface area contributed by atoms with E-state index in [1.165, 1.54) is 11.6 Å². The number of hydrogen-bond acceptors (Lipinski definition) is 1. The van der Waals surface area contributed by atoms with Crippen LogP contribution in [0.2, 0.25) is 0 Å². The minimum absolute atomic E-state index is 0.178. The van der Waals surface area contributed by atoms with Gasteiger partial charge < -0.3 is 5.32 Å². The van der Waals surface area contributed by atoms with Crippen molar-refractivity contribution in [3.8, 4) is 0 Å². The van der Waals surface area contributed by atoms with E-state index in [0.29, 0.717) is 11.5 Å². The third-order valence-electron chi connectivity index (χ3n) is 2.62. The van der Waals surface area contributed by atoms with E-state index in [9.17, 15) is 4.39 Å². The van der Waals surface area contributed by atoms with E-state index >= 15 is 0 Å². The molecule has 1 aromatic rings. The Balaban J connectivity index is 2.99. The molecule has 0 fully saturated rings. The van der Waals surface area contributed by atoms with Crippen LogP contribution in [0.25, 0.3) is 6.08 Å². The first-order valence-corrected chi connectivity index (χ1v) is 6.70. The summed E-state index contributed by atoms with van der Waals surface area (Å²) < 4.78 is 14.5. The van der Waals surface area contributed by atoms with Gasteiger partial charge in [0.05, 0.1) is 0 Å². The Morgan fingerprint density at radius 3 is 2.76 bits per heavy atom. The van der Waals surface area contributed by atoms with Gasteiger partial charge in [0.25, 0.3) is 0 Å². The van der Waals surface area contributed by atoms with Crippen LogP contribution in [0.3, 0.4) is 0 Å². The van der Waals surface area contributed by atoms with E-state index in [1.54, 1.807) is 6.07 Å². The first-order chi connectivity index (χ1) is 8.04. The molecule has 94 valence electrons. The lowest BCUT2D eigenvalue weighted by Gasteiger charge is -2.12. The molecule has 0 aliphatic heterocycles. The Kier molecular flexibility index (Phi) is 5.86. The normalized spacial score (nSPS) is 12.2. The van der Waals surface area contributed by atoms with E-state index in [1.807, 2.05) is 12.1 Å². The van der Waals surface area contributed by atoms with E-state index < -0.39 is 0 Å². The number of likely N-dealkylation sites (N-methyl/N-ethyl adjacent to an activating group) is 1. The van der Waals surface area contributed by atoms with Crippen molar-refractivity contribution in [1.82, 2.24) is 5.32 Å². The largest absolute Gasteiger partial charge is 0.313 e. The van der Waals surface area contributed by atoms with Crippen molar-refractivity contribution in [3.05, 3.63) is 39.6 Å². The second kappa shape index (κ2) is 6.92. The standard InChI is InChI=1S/C14H19BrFN/c1-4-17-9-12(10(2)3)7-11-8-13(15)5-6-14(11)16/h5-8,10,17H,4,9H2,1-3H3. The topological polar surface area (TPSA) is 12.0 Å². The molecule has 0 bridgehead atoms. The van der Waals surface area contributed by atoms with Gasteiger partial charge in [-0.05, 0) is 30.7 Å². The third kappa shape index (κ3) is 4.60. The summed E-state index contributed by atoms with van der Waals surface area (Å²) in [5, 5.41) is 3.28. The van der Waals surface area contributed by atoms with Crippen LogP contribution in [0.15, 0.2) is 28.2 Å². The number of rotatable bonds is 5. The van der Waals surface area contributed by atoms with Crippen LogP contribution in [0, 0.1) is 11.7 Å². The highest BCUT2D eigenvalue weighted by Gasteiger charge is 2.06. The highest BCUT2D eigenvalue weighted by Crippen LogP contribution is 2.20. The van der Waals surface area contributed by atoms with Gasteiger partial charge in [-0.15, -0.1) is 0 Å². The van der Waals surface area contributed by atoms with Gasteiger partial charge in [-0.1, -0.05) is 48.4 Å². The summed E-state index contributed by atoms with van der Waals surface area (Å²) in [6.45, 7) is 8.04. The average Bonchev–Trinajstić information content (AvgIpc) is 2.28. The number of nitrogens with one attached hydrogen (secondary N) is 1. The van der Waals surface area contributed by atoms with Gasteiger partial charge in [-0.2, -0.15) is 0 Å². The fourth-order valence-corrected chi connectivity index (χ4v) is 1.89. The molecule has 0 heterocycles. The van der Waals surface area contributed by atoms with Crippen molar-refractivity contribution < 1.29 is 4.39 Å². The highest BCUT2D eigenvalue weighted by molar-refractivity contribution is 9.10. The maximum Gasteiger partial charge on any atom is 0.130 e. The first kappa shape index (κ1) is 14.4. The van der Waals surface area contributed by atoms with Gasteiger partial charge in [0, 0.05) is 16.6 Å². The summed E-state index contributed by atoms with van der Waals surface area (Å²) in [7, 11) is 0. The van der Waals surface area contributed by atoms with Crippen molar-refractivity contribution in [2.75, 3.05) is 13.1 Å². The van der Waals surface area contributed by atoms with Gasteiger partial charge in [-0.3, -0.25) is 0 Å². The van der Waals surface area contributed by atoms with Crippen molar-refractivity contribution in [3.63, 3.8) is 0 Å². The monoisotopic (exact) mass is 299 g/mol. The molecule has 1 N–H and O–H groups in total. The van der Waals surface area contributed by atoms with E-state index in [0.717, 1.165) is 17.6 Å². The lowest BCUT2D eigenvalue weighted by molar-refractivity contribution is 0.623. The van der Waals surface area contributed by atoms with Crippen molar-refractivity contribution in [2.24, 2.45) is 5.92 Å². The summed E-state index contributed by atoms with van der Waals surface area (Å²) in [6.07, 6.45) is 1.94. The summed E-state index contributed by atoms with van der Waals surface area (Å²) in [5.41, 5.74) is 1.85. The van der Waals surface area contributed by atoms with E-state index in [-0.39, 0.29) is 5.82 Å². The zero-order valence-electron chi connectivity index (χ0n) is 10.6.